The van der Waals surface area contributed by atoms with Gasteiger partial charge >= 0.3 is 0 Å². The van der Waals surface area contributed by atoms with Gasteiger partial charge < -0.3 is 9.22 Å². The van der Waals surface area contributed by atoms with Crippen molar-refractivity contribution in [3.05, 3.63) is 29.8 Å². The van der Waals surface area contributed by atoms with Crippen LogP contribution in [0.1, 0.15) is 56.9 Å². The molecule has 0 unspecified atom stereocenters. The molecule has 1 aliphatic carbocycles. The Hall–Kier alpha value is -1.06. The maximum absolute atomic E-state index is 5.31. The first-order valence-corrected chi connectivity index (χ1v) is 10.4. The van der Waals surface area contributed by atoms with Gasteiger partial charge in [-0.2, -0.15) is 0 Å². The third kappa shape index (κ3) is 5.46. The molecule has 3 nitrogen and oxygen atoms in total. The summed E-state index contributed by atoms with van der Waals surface area (Å²) < 4.78 is 6.60. The molecule has 2 aliphatic rings. The summed E-state index contributed by atoms with van der Waals surface area (Å²) in [5.41, 5.74) is 1.42. The lowest BCUT2D eigenvalue weighted by Gasteiger charge is -2.41. The Kier molecular flexibility index (Phi) is 6.77. The van der Waals surface area contributed by atoms with Gasteiger partial charge in [0.1, 0.15) is 5.75 Å². The topological polar surface area (TPSA) is 12.5 Å². The van der Waals surface area contributed by atoms with Crippen LogP contribution in [0, 0.1) is 0 Å². The molecule has 0 spiro atoms. The highest BCUT2D eigenvalue weighted by Gasteiger charge is 2.28. The number of hydrogen-bond acceptors (Lipinski definition) is 2. The van der Waals surface area contributed by atoms with E-state index in [0.29, 0.717) is 0 Å². The molecule has 1 aromatic carbocycles. The summed E-state index contributed by atoms with van der Waals surface area (Å²) >= 11 is 0. The molecule has 0 amide bonds. The zero-order valence-corrected chi connectivity index (χ0v) is 16.4. The Morgan fingerprint density at radius 3 is 2.24 bits per heavy atom. The fourth-order valence-electron chi connectivity index (χ4n) is 4.67. The quantitative estimate of drug-likeness (QED) is 0.677. The molecule has 1 aliphatic heterocycles. The molecule has 1 heterocycles. The van der Waals surface area contributed by atoms with Crippen LogP contribution in [0.3, 0.4) is 0 Å². The summed E-state index contributed by atoms with van der Waals surface area (Å²) in [6, 6.07) is 9.48. The average molecular weight is 346 g/mol. The molecule has 0 N–H and O–H groups in total. The van der Waals surface area contributed by atoms with E-state index in [9.17, 15) is 0 Å². The van der Waals surface area contributed by atoms with Gasteiger partial charge in [-0.3, -0.25) is 4.90 Å². The zero-order valence-electron chi connectivity index (χ0n) is 16.4. The van der Waals surface area contributed by atoms with Crippen molar-refractivity contribution in [1.29, 1.82) is 0 Å². The lowest BCUT2D eigenvalue weighted by molar-refractivity contribution is -0.913. The summed E-state index contributed by atoms with van der Waals surface area (Å²) in [6.07, 6.45) is 11.3. The van der Waals surface area contributed by atoms with Gasteiger partial charge in [0.2, 0.25) is 0 Å². The first-order valence-electron chi connectivity index (χ1n) is 10.4. The van der Waals surface area contributed by atoms with E-state index < -0.39 is 0 Å². The predicted octanol–water partition coefficient (Wildman–Crippen LogP) is 4.46. The molecule has 140 valence electrons. The molecule has 1 saturated carbocycles. The summed E-state index contributed by atoms with van der Waals surface area (Å²) in [7, 11) is 4.22. The molecule has 0 aromatic heterocycles. The smallest absolute Gasteiger partial charge is 0.118 e. The SMILES string of the molecule is COc1ccc(CN(CC[N+]2(C)CCCCC2)C2CCCCC2)cc1. The third-order valence-corrected chi connectivity index (χ3v) is 6.46. The zero-order chi connectivity index (χ0) is 17.5. The van der Waals surface area contributed by atoms with E-state index in [-0.39, 0.29) is 0 Å². The Balaban J connectivity index is 1.63. The largest absolute Gasteiger partial charge is 0.497 e. The first kappa shape index (κ1) is 18.7. The fraction of sp³-hybridized carbons (Fsp3) is 0.727. The van der Waals surface area contributed by atoms with Gasteiger partial charge in [-0.25, -0.2) is 0 Å². The van der Waals surface area contributed by atoms with Crippen molar-refractivity contribution in [3.63, 3.8) is 0 Å². The number of rotatable bonds is 7. The van der Waals surface area contributed by atoms with Crippen LogP contribution in [0.2, 0.25) is 0 Å². The maximum atomic E-state index is 5.31. The molecule has 3 heteroatoms. The minimum absolute atomic E-state index is 0.784. The van der Waals surface area contributed by atoms with Gasteiger partial charge in [-0.05, 0) is 49.8 Å². The van der Waals surface area contributed by atoms with Crippen LogP contribution in [0.15, 0.2) is 24.3 Å². The van der Waals surface area contributed by atoms with Crippen molar-refractivity contribution in [1.82, 2.24) is 4.90 Å². The van der Waals surface area contributed by atoms with E-state index in [1.165, 1.54) is 87.6 Å². The van der Waals surface area contributed by atoms with Gasteiger partial charge in [0.15, 0.2) is 0 Å². The highest BCUT2D eigenvalue weighted by Crippen LogP contribution is 2.25. The Labute approximate surface area is 154 Å². The van der Waals surface area contributed by atoms with Gasteiger partial charge in [0.25, 0.3) is 0 Å². The standard InChI is InChI=1S/C22H37N2O/c1-24(16-7-4-8-17-24)18-15-23(21-9-5-3-6-10-21)19-20-11-13-22(25-2)14-12-20/h11-14,21H,3-10,15-19H2,1-2H3/q+1. The number of ether oxygens (including phenoxy) is 1. The van der Waals surface area contributed by atoms with Gasteiger partial charge in [-0.1, -0.05) is 31.4 Å². The molecule has 2 fully saturated rings. The Morgan fingerprint density at radius 1 is 0.960 bits per heavy atom. The fourth-order valence-corrected chi connectivity index (χ4v) is 4.67. The van der Waals surface area contributed by atoms with Crippen LogP contribution in [-0.2, 0) is 6.54 Å². The minimum atomic E-state index is 0.784. The van der Waals surface area contributed by atoms with Crippen molar-refractivity contribution in [2.45, 2.75) is 64.0 Å². The number of likely N-dealkylation sites (tertiary alicyclic amines) is 1. The number of quaternary nitrogens is 1. The van der Waals surface area contributed by atoms with Crippen LogP contribution in [-0.4, -0.2) is 55.8 Å². The van der Waals surface area contributed by atoms with Gasteiger partial charge in [-0.15, -0.1) is 0 Å². The van der Waals surface area contributed by atoms with E-state index >= 15 is 0 Å². The molecule has 1 aromatic rings. The number of benzene rings is 1. The van der Waals surface area contributed by atoms with Crippen LogP contribution >= 0.6 is 0 Å². The molecule has 1 saturated heterocycles. The Bertz CT molecular complexity index is 501. The van der Waals surface area contributed by atoms with E-state index in [2.05, 4.69) is 36.2 Å². The number of hydrogen-bond donors (Lipinski definition) is 0. The predicted molar refractivity (Wildman–Crippen MR) is 105 cm³/mol. The third-order valence-electron chi connectivity index (χ3n) is 6.46. The van der Waals surface area contributed by atoms with Gasteiger partial charge in [0.05, 0.1) is 33.8 Å². The lowest BCUT2D eigenvalue weighted by atomic mass is 9.93. The molecular formula is C22H37N2O+. The summed E-state index contributed by atoms with van der Waals surface area (Å²) in [5.74, 6) is 0.958. The molecule has 25 heavy (non-hydrogen) atoms. The highest BCUT2D eigenvalue weighted by atomic mass is 16.5. The van der Waals surface area contributed by atoms with Crippen molar-refractivity contribution in [2.24, 2.45) is 0 Å². The highest BCUT2D eigenvalue weighted by molar-refractivity contribution is 5.27. The minimum Gasteiger partial charge on any atom is -0.497 e. The van der Waals surface area contributed by atoms with E-state index in [1.54, 1.807) is 7.11 Å². The van der Waals surface area contributed by atoms with Crippen molar-refractivity contribution < 1.29 is 9.22 Å². The lowest BCUT2D eigenvalue weighted by Crippen LogP contribution is -2.52. The Morgan fingerprint density at radius 2 is 1.60 bits per heavy atom. The van der Waals surface area contributed by atoms with Crippen LogP contribution in [0.5, 0.6) is 5.75 Å². The number of piperidine rings is 1. The molecule has 3 rings (SSSR count). The first-order chi connectivity index (χ1) is 12.2. The van der Waals surface area contributed by atoms with Crippen LogP contribution in [0.25, 0.3) is 0 Å². The molecule has 0 atom stereocenters. The monoisotopic (exact) mass is 345 g/mol. The number of nitrogens with zero attached hydrogens (tertiary/aromatic N) is 2. The summed E-state index contributed by atoms with van der Waals surface area (Å²) in [5, 5.41) is 0. The summed E-state index contributed by atoms with van der Waals surface area (Å²) in [6.45, 7) is 6.40. The van der Waals surface area contributed by atoms with E-state index in [1.807, 2.05) is 0 Å². The summed E-state index contributed by atoms with van der Waals surface area (Å²) in [4.78, 5) is 2.79. The van der Waals surface area contributed by atoms with E-state index in [0.717, 1.165) is 18.3 Å². The van der Waals surface area contributed by atoms with Crippen LogP contribution in [0.4, 0.5) is 0 Å². The van der Waals surface area contributed by atoms with Gasteiger partial charge in [0, 0.05) is 19.1 Å². The second kappa shape index (κ2) is 9.05. The number of methoxy groups -OCH3 is 1. The molecule has 0 radical (unpaired) electrons. The van der Waals surface area contributed by atoms with E-state index in [4.69, 9.17) is 4.74 Å². The second-order valence-corrected chi connectivity index (χ2v) is 8.46. The van der Waals surface area contributed by atoms with Crippen molar-refractivity contribution >= 4 is 0 Å². The van der Waals surface area contributed by atoms with Crippen molar-refractivity contribution in [2.75, 3.05) is 40.3 Å². The molecule has 0 bridgehead atoms. The number of likely N-dealkylation sites (N-methyl/N-ethyl adjacent to an activating group) is 1. The normalized spacial score (nSPS) is 21.4. The van der Waals surface area contributed by atoms with Crippen LogP contribution < -0.4 is 4.74 Å². The molecular weight excluding hydrogens is 308 g/mol. The van der Waals surface area contributed by atoms with Crippen molar-refractivity contribution in [3.8, 4) is 5.75 Å². The maximum Gasteiger partial charge on any atom is 0.118 e. The second-order valence-electron chi connectivity index (χ2n) is 8.46. The average Bonchev–Trinajstić information content (AvgIpc) is 2.67.